The number of rotatable bonds is 6. The molecule has 34 heavy (non-hydrogen) atoms. The maximum absolute atomic E-state index is 15.0. The molecule has 0 aliphatic heterocycles. The number of pyridine rings is 2. The van der Waals surface area contributed by atoms with Crippen molar-refractivity contribution in [3.8, 4) is 11.3 Å². The maximum atomic E-state index is 15.0. The second kappa shape index (κ2) is 9.21. The molecule has 3 heterocycles. The van der Waals surface area contributed by atoms with Gasteiger partial charge in [-0.3, -0.25) is 0 Å². The Hall–Kier alpha value is -3.20. The fraction of sp³-hybridized carbons (Fsp3) is 0.280. The van der Waals surface area contributed by atoms with Gasteiger partial charge in [-0.2, -0.15) is 0 Å². The van der Waals surface area contributed by atoms with Gasteiger partial charge in [0.1, 0.15) is 16.8 Å². The van der Waals surface area contributed by atoms with E-state index in [1.165, 1.54) is 18.5 Å². The molecule has 0 aliphatic rings. The Morgan fingerprint density at radius 3 is 2.50 bits per heavy atom. The molecule has 0 radical (unpaired) electrons. The summed E-state index contributed by atoms with van der Waals surface area (Å²) in [5, 5.41) is 23.3. The maximum Gasteiger partial charge on any atom is 0.159 e. The van der Waals surface area contributed by atoms with E-state index in [0.29, 0.717) is 33.0 Å². The van der Waals surface area contributed by atoms with Crippen LogP contribution in [0.4, 0.5) is 10.1 Å². The molecule has 0 bridgehead atoms. The van der Waals surface area contributed by atoms with E-state index in [1.54, 1.807) is 20.8 Å². The minimum Gasteiger partial charge on any atom is -0.392 e. The van der Waals surface area contributed by atoms with Crippen LogP contribution >= 0.6 is 11.6 Å². The number of halogens is 2. The molecule has 4 aromatic rings. The van der Waals surface area contributed by atoms with Gasteiger partial charge in [0.2, 0.25) is 0 Å². The van der Waals surface area contributed by atoms with Crippen LogP contribution in [0.5, 0.6) is 0 Å². The predicted molar refractivity (Wildman–Crippen MR) is 130 cm³/mol. The van der Waals surface area contributed by atoms with Crippen LogP contribution in [0.1, 0.15) is 49.5 Å². The fourth-order valence-electron chi connectivity index (χ4n) is 3.62. The standard InChI is InChI=1S/C25H25ClFN5O2/c1-13(16-7-5-6-15(8-16)12-33)31-23-20(26)14(2)30-19-9-18(27)21(32-22(19)23)17-10-28-24(29-11-17)25(3,4)34/h5-11,13,33-34H,12H2,1-4H3,(H,30,31)/t13-/m1/s1. The normalized spacial score (nSPS) is 12.7. The van der Waals surface area contributed by atoms with Crippen molar-refractivity contribution in [2.24, 2.45) is 0 Å². The van der Waals surface area contributed by atoms with Crippen LogP contribution in [0.15, 0.2) is 42.7 Å². The van der Waals surface area contributed by atoms with Gasteiger partial charge >= 0.3 is 0 Å². The first-order valence-electron chi connectivity index (χ1n) is 10.8. The third-order valence-electron chi connectivity index (χ3n) is 5.48. The van der Waals surface area contributed by atoms with Crippen molar-refractivity contribution in [2.45, 2.75) is 45.9 Å². The summed E-state index contributed by atoms with van der Waals surface area (Å²) in [5.41, 5.74) is 2.77. The molecule has 0 spiro atoms. The number of hydrogen-bond donors (Lipinski definition) is 3. The average Bonchev–Trinajstić information content (AvgIpc) is 2.81. The largest absolute Gasteiger partial charge is 0.392 e. The van der Waals surface area contributed by atoms with Crippen molar-refractivity contribution in [1.82, 2.24) is 19.9 Å². The molecule has 3 N–H and O–H groups in total. The number of nitrogens with zero attached hydrogens (tertiary/aromatic N) is 4. The molecule has 1 aromatic carbocycles. The van der Waals surface area contributed by atoms with E-state index in [0.717, 1.165) is 11.1 Å². The lowest BCUT2D eigenvalue weighted by Crippen LogP contribution is -2.19. The number of hydrogen-bond acceptors (Lipinski definition) is 7. The number of nitrogens with one attached hydrogen (secondary N) is 1. The van der Waals surface area contributed by atoms with Gasteiger partial charge in [0, 0.05) is 30.1 Å². The number of aryl methyl sites for hydroxylation is 1. The van der Waals surface area contributed by atoms with E-state index in [1.807, 2.05) is 31.2 Å². The summed E-state index contributed by atoms with van der Waals surface area (Å²) in [6, 6.07) is 8.70. The monoisotopic (exact) mass is 481 g/mol. The van der Waals surface area contributed by atoms with Gasteiger partial charge in [0.25, 0.3) is 0 Å². The topological polar surface area (TPSA) is 104 Å². The first kappa shape index (κ1) is 23.9. The van der Waals surface area contributed by atoms with E-state index in [-0.39, 0.29) is 24.2 Å². The molecule has 0 saturated heterocycles. The van der Waals surface area contributed by atoms with Crippen molar-refractivity contribution in [3.63, 3.8) is 0 Å². The Morgan fingerprint density at radius 2 is 1.85 bits per heavy atom. The van der Waals surface area contributed by atoms with Gasteiger partial charge in [0.05, 0.1) is 28.5 Å². The molecule has 4 rings (SSSR count). The Balaban J connectivity index is 1.81. The Morgan fingerprint density at radius 1 is 1.15 bits per heavy atom. The van der Waals surface area contributed by atoms with E-state index < -0.39 is 11.4 Å². The number of aliphatic hydroxyl groups excluding tert-OH is 1. The van der Waals surface area contributed by atoms with Gasteiger partial charge in [-0.05, 0) is 38.8 Å². The van der Waals surface area contributed by atoms with Crippen LogP contribution in [0.25, 0.3) is 22.3 Å². The summed E-state index contributed by atoms with van der Waals surface area (Å²) in [6.45, 7) is 6.79. The quantitative estimate of drug-likeness (QED) is 0.352. The molecule has 0 saturated carbocycles. The van der Waals surface area contributed by atoms with Crippen molar-refractivity contribution >= 4 is 28.3 Å². The highest BCUT2D eigenvalue weighted by Gasteiger charge is 2.22. The molecule has 7 nitrogen and oxygen atoms in total. The zero-order valence-corrected chi connectivity index (χ0v) is 20.0. The second-order valence-corrected chi connectivity index (χ2v) is 9.07. The molecule has 0 fully saturated rings. The van der Waals surface area contributed by atoms with Gasteiger partial charge in [-0.25, -0.2) is 24.3 Å². The molecular formula is C25H25ClFN5O2. The van der Waals surface area contributed by atoms with Crippen molar-refractivity contribution in [2.75, 3.05) is 5.32 Å². The average molecular weight is 482 g/mol. The minimum absolute atomic E-state index is 0.0505. The Labute approximate surface area is 201 Å². The minimum atomic E-state index is -1.22. The third kappa shape index (κ3) is 4.70. The number of fused-ring (bicyclic) bond motifs is 1. The molecule has 3 aromatic heterocycles. The summed E-state index contributed by atoms with van der Waals surface area (Å²) in [5.74, 6) is -0.352. The molecule has 9 heteroatoms. The smallest absolute Gasteiger partial charge is 0.159 e. The highest BCUT2D eigenvalue weighted by molar-refractivity contribution is 6.35. The molecule has 0 unspecified atom stereocenters. The summed E-state index contributed by atoms with van der Waals surface area (Å²) in [7, 11) is 0. The number of anilines is 1. The first-order valence-corrected chi connectivity index (χ1v) is 11.1. The van der Waals surface area contributed by atoms with E-state index in [9.17, 15) is 10.2 Å². The van der Waals surface area contributed by atoms with Gasteiger partial charge in [-0.15, -0.1) is 0 Å². The van der Waals surface area contributed by atoms with Crippen LogP contribution in [-0.2, 0) is 12.2 Å². The summed E-state index contributed by atoms with van der Waals surface area (Å²) in [4.78, 5) is 17.3. The second-order valence-electron chi connectivity index (χ2n) is 8.70. The first-order chi connectivity index (χ1) is 16.1. The molecule has 0 aliphatic carbocycles. The molecule has 0 amide bonds. The van der Waals surface area contributed by atoms with E-state index >= 15 is 4.39 Å². The van der Waals surface area contributed by atoms with Crippen LogP contribution < -0.4 is 5.32 Å². The molecule has 1 atom stereocenters. The Kier molecular flexibility index (Phi) is 6.49. The Bertz CT molecular complexity index is 1360. The highest BCUT2D eigenvalue weighted by atomic mass is 35.5. The summed E-state index contributed by atoms with van der Waals surface area (Å²) >= 11 is 6.62. The van der Waals surface area contributed by atoms with Gasteiger partial charge < -0.3 is 15.5 Å². The number of aliphatic hydroxyl groups is 2. The number of aromatic nitrogens is 4. The number of benzene rings is 1. The van der Waals surface area contributed by atoms with Crippen molar-refractivity contribution in [3.05, 3.63) is 76.2 Å². The van der Waals surface area contributed by atoms with Crippen LogP contribution in [0, 0.1) is 12.7 Å². The summed E-state index contributed by atoms with van der Waals surface area (Å²) in [6.07, 6.45) is 2.85. The van der Waals surface area contributed by atoms with Crippen molar-refractivity contribution < 1.29 is 14.6 Å². The molecular weight excluding hydrogens is 457 g/mol. The molecule has 176 valence electrons. The zero-order chi connectivity index (χ0) is 24.6. The van der Waals surface area contributed by atoms with Crippen LogP contribution in [0.2, 0.25) is 5.02 Å². The SMILES string of the molecule is Cc1nc2cc(F)c(-c3cnc(C(C)(C)O)nc3)nc2c(N[C@H](C)c2cccc(CO)c2)c1Cl. The fourth-order valence-corrected chi connectivity index (χ4v) is 3.81. The third-order valence-corrected chi connectivity index (χ3v) is 5.95. The lowest BCUT2D eigenvalue weighted by atomic mass is 10.0. The van der Waals surface area contributed by atoms with Crippen LogP contribution in [-0.4, -0.2) is 30.1 Å². The highest BCUT2D eigenvalue weighted by Crippen LogP contribution is 2.36. The lowest BCUT2D eigenvalue weighted by Gasteiger charge is -2.20. The van der Waals surface area contributed by atoms with E-state index in [2.05, 4.69) is 25.3 Å². The van der Waals surface area contributed by atoms with Crippen molar-refractivity contribution in [1.29, 1.82) is 0 Å². The lowest BCUT2D eigenvalue weighted by molar-refractivity contribution is 0.0687. The van der Waals surface area contributed by atoms with Gasteiger partial charge in [-0.1, -0.05) is 35.9 Å². The predicted octanol–water partition coefficient (Wildman–Crippen LogP) is 5.08. The summed E-state index contributed by atoms with van der Waals surface area (Å²) < 4.78 is 15.0. The van der Waals surface area contributed by atoms with Crippen LogP contribution in [0.3, 0.4) is 0 Å². The van der Waals surface area contributed by atoms with E-state index in [4.69, 9.17) is 11.6 Å². The van der Waals surface area contributed by atoms with Gasteiger partial charge in [0.15, 0.2) is 11.6 Å². The zero-order valence-electron chi connectivity index (χ0n) is 19.3.